The van der Waals surface area contributed by atoms with Crippen LogP contribution in [0.25, 0.3) is 10.8 Å². The van der Waals surface area contributed by atoms with Gasteiger partial charge in [0, 0.05) is 18.6 Å². The number of benzene rings is 2. The van der Waals surface area contributed by atoms with Crippen molar-refractivity contribution in [1.82, 2.24) is 4.90 Å². The van der Waals surface area contributed by atoms with Gasteiger partial charge in [-0.2, -0.15) is 0 Å². The molecule has 2 nitrogen and oxygen atoms in total. The fourth-order valence-corrected chi connectivity index (χ4v) is 2.83. The highest BCUT2D eigenvalue weighted by Crippen LogP contribution is 2.32. The Bertz CT molecular complexity index is 614. The summed E-state index contributed by atoms with van der Waals surface area (Å²) in [6.45, 7) is 4.25. The van der Waals surface area contributed by atoms with E-state index in [4.69, 9.17) is 5.73 Å². The van der Waals surface area contributed by atoms with E-state index < -0.39 is 0 Å². The van der Waals surface area contributed by atoms with E-state index in [1.807, 2.05) is 0 Å². The first-order chi connectivity index (χ1) is 9.54. The Morgan fingerprint density at radius 1 is 1.10 bits per heavy atom. The summed E-state index contributed by atoms with van der Waals surface area (Å²) in [4.78, 5) is 2.37. The Hall–Kier alpha value is -1.38. The number of nitrogens with zero attached hydrogens (tertiary/aromatic N) is 1. The Balaban J connectivity index is 1.63. The van der Waals surface area contributed by atoms with E-state index in [0.29, 0.717) is 0 Å². The normalized spacial score (nSPS) is 16.8. The van der Waals surface area contributed by atoms with E-state index in [1.54, 1.807) is 0 Å². The number of hydrogen-bond donors (Lipinski definition) is 1. The molecule has 0 aromatic heterocycles. The molecule has 2 aromatic rings. The minimum Gasteiger partial charge on any atom is -0.324 e. The van der Waals surface area contributed by atoms with E-state index in [0.717, 1.165) is 19.5 Å². The lowest BCUT2D eigenvalue weighted by Crippen LogP contribution is -2.38. The van der Waals surface area contributed by atoms with Crippen LogP contribution in [0.2, 0.25) is 0 Å². The summed E-state index contributed by atoms with van der Waals surface area (Å²) in [5.41, 5.74) is 9.02. The third-order valence-corrected chi connectivity index (χ3v) is 4.32. The van der Waals surface area contributed by atoms with Crippen LogP contribution in [-0.2, 0) is 6.42 Å². The first-order valence-corrected chi connectivity index (χ1v) is 7.51. The largest absolute Gasteiger partial charge is 0.324 e. The molecule has 0 atom stereocenters. The number of nitrogens with two attached hydrogens (primary N) is 1. The molecule has 106 valence electrons. The van der Waals surface area contributed by atoms with Crippen molar-refractivity contribution in [2.24, 2.45) is 5.73 Å². The van der Waals surface area contributed by atoms with Gasteiger partial charge < -0.3 is 10.6 Å². The molecule has 2 aromatic carbocycles. The SMILES string of the molecule is Cc1ccc2cc(CCN(C)CC3(N)CC3)ccc2c1. The molecule has 0 bridgehead atoms. The number of hydrogen-bond acceptors (Lipinski definition) is 2. The number of rotatable bonds is 5. The zero-order valence-electron chi connectivity index (χ0n) is 12.5. The van der Waals surface area contributed by atoms with Gasteiger partial charge in [0.05, 0.1) is 0 Å². The van der Waals surface area contributed by atoms with E-state index in [1.165, 1.54) is 34.7 Å². The second kappa shape index (κ2) is 5.19. The molecule has 1 aliphatic rings. The van der Waals surface area contributed by atoms with Crippen molar-refractivity contribution in [1.29, 1.82) is 0 Å². The summed E-state index contributed by atoms with van der Waals surface area (Å²) in [5, 5.41) is 2.68. The maximum absolute atomic E-state index is 6.16. The van der Waals surface area contributed by atoms with Gasteiger partial charge in [-0.15, -0.1) is 0 Å². The van der Waals surface area contributed by atoms with Gasteiger partial charge in [-0.1, -0.05) is 42.0 Å². The van der Waals surface area contributed by atoms with Crippen LogP contribution in [0.15, 0.2) is 36.4 Å². The standard InChI is InChI=1S/C18H24N2/c1-14-3-5-17-12-15(4-6-16(17)11-14)7-10-20(2)13-18(19)8-9-18/h3-6,11-12H,7-10,13,19H2,1-2H3. The van der Waals surface area contributed by atoms with Crippen molar-refractivity contribution in [3.63, 3.8) is 0 Å². The molecular formula is C18H24N2. The van der Waals surface area contributed by atoms with E-state index >= 15 is 0 Å². The lowest BCUT2D eigenvalue weighted by Gasteiger charge is -2.20. The Morgan fingerprint density at radius 3 is 2.55 bits per heavy atom. The fraction of sp³-hybridized carbons (Fsp3) is 0.444. The maximum Gasteiger partial charge on any atom is 0.0284 e. The highest BCUT2D eigenvalue weighted by molar-refractivity contribution is 5.83. The van der Waals surface area contributed by atoms with Crippen molar-refractivity contribution in [2.45, 2.75) is 31.7 Å². The van der Waals surface area contributed by atoms with Crippen LogP contribution in [0.3, 0.4) is 0 Å². The molecular weight excluding hydrogens is 244 g/mol. The first-order valence-electron chi connectivity index (χ1n) is 7.51. The van der Waals surface area contributed by atoms with Gasteiger partial charge in [0.1, 0.15) is 0 Å². The second-order valence-electron chi connectivity index (χ2n) is 6.54. The Kier molecular flexibility index (Phi) is 3.53. The molecule has 0 spiro atoms. The predicted octanol–water partition coefficient (Wildman–Crippen LogP) is 3.11. The van der Waals surface area contributed by atoms with Crippen LogP contribution in [0.1, 0.15) is 24.0 Å². The maximum atomic E-state index is 6.16. The monoisotopic (exact) mass is 268 g/mol. The Labute approximate surface area is 121 Å². The molecule has 1 saturated carbocycles. The lowest BCUT2D eigenvalue weighted by molar-refractivity contribution is 0.306. The van der Waals surface area contributed by atoms with Gasteiger partial charge in [-0.05, 0) is 49.6 Å². The van der Waals surface area contributed by atoms with Crippen molar-refractivity contribution >= 4 is 10.8 Å². The highest BCUT2D eigenvalue weighted by Gasteiger charge is 2.38. The predicted molar refractivity (Wildman–Crippen MR) is 86.0 cm³/mol. The summed E-state index contributed by atoms with van der Waals surface area (Å²) in [5.74, 6) is 0. The van der Waals surface area contributed by atoms with E-state index in [2.05, 4.69) is 55.3 Å². The zero-order chi connectivity index (χ0) is 14.2. The molecule has 0 radical (unpaired) electrons. The molecule has 2 heteroatoms. The van der Waals surface area contributed by atoms with Gasteiger partial charge >= 0.3 is 0 Å². The minimum atomic E-state index is 0.121. The fourth-order valence-electron chi connectivity index (χ4n) is 2.83. The number of fused-ring (bicyclic) bond motifs is 1. The third-order valence-electron chi connectivity index (χ3n) is 4.32. The van der Waals surface area contributed by atoms with E-state index in [9.17, 15) is 0 Å². The molecule has 0 aliphatic heterocycles. The average Bonchev–Trinajstić information content (AvgIpc) is 3.13. The molecule has 1 aliphatic carbocycles. The molecule has 20 heavy (non-hydrogen) atoms. The summed E-state index contributed by atoms with van der Waals surface area (Å²) < 4.78 is 0. The minimum absolute atomic E-state index is 0.121. The van der Waals surface area contributed by atoms with Crippen LogP contribution in [0.5, 0.6) is 0 Å². The van der Waals surface area contributed by atoms with Crippen molar-refractivity contribution < 1.29 is 0 Å². The van der Waals surface area contributed by atoms with Crippen LogP contribution in [-0.4, -0.2) is 30.6 Å². The second-order valence-corrected chi connectivity index (χ2v) is 6.54. The summed E-state index contributed by atoms with van der Waals surface area (Å²) in [7, 11) is 2.18. The summed E-state index contributed by atoms with van der Waals surface area (Å²) in [6.07, 6.45) is 3.47. The molecule has 1 fully saturated rings. The molecule has 3 rings (SSSR count). The molecule has 0 amide bonds. The lowest BCUT2D eigenvalue weighted by atomic mass is 10.0. The van der Waals surface area contributed by atoms with Crippen LogP contribution in [0.4, 0.5) is 0 Å². The smallest absolute Gasteiger partial charge is 0.0284 e. The van der Waals surface area contributed by atoms with Crippen molar-refractivity contribution in [3.8, 4) is 0 Å². The van der Waals surface area contributed by atoms with Gasteiger partial charge in [0.2, 0.25) is 0 Å². The molecule has 0 saturated heterocycles. The van der Waals surface area contributed by atoms with Crippen molar-refractivity contribution in [2.75, 3.05) is 20.1 Å². The highest BCUT2D eigenvalue weighted by atomic mass is 15.1. The molecule has 0 heterocycles. The first kappa shape index (κ1) is 13.6. The number of aryl methyl sites for hydroxylation is 1. The quantitative estimate of drug-likeness (QED) is 0.903. The van der Waals surface area contributed by atoms with Crippen LogP contribution in [0, 0.1) is 6.92 Å². The Morgan fingerprint density at radius 2 is 1.80 bits per heavy atom. The van der Waals surface area contributed by atoms with Crippen molar-refractivity contribution in [3.05, 3.63) is 47.5 Å². The van der Waals surface area contributed by atoms with E-state index in [-0.39, 0.29) is 5.54 Å². The van der Waals surface area contributed by atoms with Crippen LogP contribution >= 0.6 is 0 Å². The van der Waals surface area contributed by atoms with Gasteiger partial charge in [-0.3, -0.25) is 0 Å². The number of likely N-dealkylation sites (N-methyl/N-ethyl adjacent to an activating group) is 1. The molecule has 2 N–H and O–H groups in total. The third kappa shape index (κ3) is 3.20. The zero-order valence-corrected chi connectivity index (χ0v) is 12.5. The molecule has 0 unspecified atom stereocenters. The van der Waals surface area contributed by atoms with Gasteiger partial charge in [0.15, 0.2) is 0 Å². The summed E-state index contributed by atoms with van der Waals surface area (Å²) >= 11 is 0. The summed E-state index contributed by atoms with van der Waals surface area (Å²) in [6, 6.07) is 13.5. The average molecular weight is 268 g/mol. The van der Waals surface area contributed by atoms with Gasteiger partial charge in [0.25, 0.3) is 0 Å². The topological polar surface area (TPSA) is 29.3 Å². The van der Waals surface area contributed by atoms with Crippen LogP contribution < -0.4 is 5.73 Å². The van der Waals surface area contributed by atoms with Gasteiger partial charge in [-0.25, -0.2) is 0 Å².